The van der Waals surface area contributed by atoms with Gasteiger partial charge in [-0.1, -0.05) is 11.2 Å². The van der Waals surface area contributed by atoms with Gasteiger partial charge in [-0.2, -0.15) is 5.10 Å². The number of aryl methyl sites for hydroxylation is 3. The zero-order valence-electron chi connectivity index (χ0n) is 35.8. The van der Waals surface area contributed by atoms with Crippen LogP contribution in [0.15, 0.2) is 81.5 Å². The molecule has 16 nitrogen and oxygen atoms in total. The van der Waals surface area contributed by atoms with Crippen molar-refractivity contribution in [3.05, 3.63) is 145 Å². The number of aromatic amines is 1. The lowest BCUT2D eigenvalue weighted by Crippen LogP contribution is -2.40. The molecule has 0 unspecified atom stereocenters. The standard InChI is InChI=1S/C46H46FN11O5/c1-25-19-32(20-26(2)39(25)47)58-40(57-17-16-56(44(57)61)31-9-14-55-28(4)49-50-36(55)21-31)37-27(3)54(15-10-34(37)51-58)41(59)33-24-53-23-30(29-11-18-62-45(5,6)22-29)7-8-35(53)38(33)46(12-13-46)42-48-43(60)63-52-42/h7-9,14,16-17,19-21,23-24,27,29H,10-13,15,18,22H2,1-6H3,(H,48,52,60)/t27-,29+/m0/s1. The number of H-pyrrole nitrogens is 1. The van der Waals surface area contributed by atoms with Gasteiger partial charge >= 0.3 is 11.4 Å². The number of pyridine rings is 2. The van der Waals surface area contributed by atoms with Crippen LogP contribution in [0.4, 0.5) is 4.39 Å². The number of hydrogen-bond donors (Lipinski definition) is 1. The highest BCUT2D eigenvalue weighted by atomic mass is 19.1. The summed E-state index contributed by atoms with van der Waals surface area (Å²) in [5, 5.41) is 17.7. The third-order valence-corrected chi connectivity index (χ3v) is 13.5. The summed E-state index contributed by atoms with van der Waals surface area (Å²) in [6, 6.07) is 10.7. The van der Waals surface area contributed by atoms with E-state index < -0.39 is 17.2 Å². The number of aromatic nitrogens is 10. The molecule has 63 heavy (non-hydrogen) atoms. The first-order chi connectivity index (χ1) is 30.2. The summed E-state index contributed by atoms with van der Waals surface area (Å²) in [5.41, 5.74) is 6.04. The lowest BCUT2D eigenvalue weighted by atomic mass is 9.84. The average Bonchev–Trinajstić information content (AvgIpc) is 3.71. The van der Waals surface area contributed by atoms with E-state index in [0.29, 0.717) is 83.3 Å². The predicted octanol–water partition coefficient (Wildman–Crippen LogP) is 6.36. The van der Waals surface area contributed by atoms with Crippen LogP contribution in [0, 0.1) is 26.6 Å². The van der Waals surface area contributed by atoms with E-state index >= 15 is 9.18 Å². The quantitative estimate of drug-likeness (QED) is 0.192. The van der Waals surface area contributed by atoms with Crippen LogP contribution in [-0.4, -0.2) is 77.6 Å². The Bertz CT molecular complexity index is 3280. The number of imidazole rings is 1. The molecule has 2 atom stereocenters. The maximum absolute atomic E-state index is 15.4. The van der Waals surface area contributed by atoms with Crippen LogP contribution in [0.1, 0.15) is 114 Å². The Kier molecular flexibility index (Phi) is 8.55. The molecule has 1 aliphatic carbocycles. The van der Waals surface area contributed by atoms with Crippen LogP contribution < -0.4 is 11.4 Å². The number of carbonyl (C=O) groups excluding carboxylic acids is 1. The number of nitrogens with zero attached hydrogens (tertiary/aromatic N) is 10. The number of hydrogen-bond acceptors (Lipinski definition) is 9. The summed E-state index contributed by atoms with van der Waals surface area (Å²) in [7, 11) is 0. The molecule has 11 rings (SSSR count). The monoisotopic (exact) mass is 851 g/mol. The number of benzene rings is 1. The molecule has 0 bridgehead atoms. The van der Waals surface area contributed by atoms with Gasteiger partial charge in [-0.15, -0.1) is 10.2 Å². The van der Waals surface area contributed by atoms with Crippen molar-refractivity contribution in [1.82, 2.24) is 53.0 Å². The molecule has 17 heteroatoms. The van der Waals surface area contributed by atoms with E-state index in [1.807, 2.05) is 46.0 Å². The number of amides is 1. The van der Waals surface area contributed by atoms with Gasteiger partial charge in [0, 0.05) is 67.7 Å². The minimum absolute atomic E-state index is 0.202. The zero-order chi connectivity index (χ0) is 43.7. The van der Waals surface area contributed by atoms with Gasteiger partial charge in [0.2, 0.25) is 0 Å². The molecule has 0 radical (unpaired) electrons. The van der Waals surface area contributed by atoms with Gasteiger partial charge in [0.25, 0.3) is 5.91 Å². The van der Waals surface area contributed by atoms with Crippen molar-refractivity contribution < 1.29 is 18.4 Å². The Morgan fingerprint density at radius 3 is 2.46 bits per heavy atom. The number of carbonyl (C=O) groups is 1. The first kappa shape index (κ1) is 39.0. The minimum Gasteiger partial charge on any atom is -0.376 e. The summed E-state index contributed by atoms with van der Waals surface area (Å²) >= 11 is 0. The fourth-order valence-electron chi connectivity index (χ4n) is 10.2. The lowest BCUT2D eigenvalue weighted by molar-refractivity contribution is -0.0593. The maximum atomic E-state index is 15.4. The van der Waals surface area contributed by atoms with Gasteiger partial charge in [0.05, 0.1) is 45.2 Å². The molecule has 2 fully saturated rings. The highest BCUT2D eigenvalue weighted by Crippen LogP contribution is 2.55. The predicted molar refractivity (Wildman–Crippen MR) is 229 cm³/mol. The van der Waals surface area contributed by atoms with E-state index in [1.54, 1.807) is 53.7 Å². The summed E-state index contributed by atoms with van der Waals surface area (Å²) < 4.78 is 34.8. The Morgan fingerprint density at radius 2 is 1.73 bits per heavy atom. The number of ether oxygens (including phenoxy) is 1. The molecular formula is C46H46FN11O5. The third-order valence-electron chi connectivity index (χ3n) is 13.5. The second-order valence-corrected chi connectivity index (χ2v) is 18.1. The maximum Gasteiger partial charge on any atom is 0.438 e. The summed E-state index contributed by atoms with van der Waals surface area (Å²) in [6.45, 7) is 12.5. The molecule has 1 saturated carbocycles. The second kappa shape index (κ2) is 13.8. The minimum atomic E-state index is -0.725. The topological polar surface area (TPSA) is 168 Å². The van der Waals surface area contributed by atoms with Gasteiger partial charge < -0.3 is 14.0 Å². The third kappa shape index (κ3) is 6.07. The SMILES string of the molecule is Cc1cc(-n2nc3c(c2-n2ccn(-c4ccn5c(C)nnc5c4)c2=O)[C@H](C)N(C(=O)c2cn4cc([C@@H]5CCOC(C)(C)C5)ccc4c2C2(c4noc(=O)[nH]4)CC2)CC3)cc(C)c1F. The highest BCUT2D eigenvalue weighted by molar-refractivity contribution is 5.99. The van der Waals surface area contributed by atoms with E-state index in [9.17, 15) is 9.59 Å². The summed E-state index contributed by atoms with van der Waals surface area (Å²) in [5.74, 6) is 0.688. The molecule has 2 aliphatic heterocycles. The molecule has 1 amide bonds. The number of nitrogens with one attached hydrogen (secondary N) is 1. The van der Waals surface area contributed by atoms with Crippen LogP contribution in [-0.2, 0) is 16.6 Å². The van der Waals surface area contributed by atoms with Crippen LogP contribution in [0.5, 0.6) is 0 Å². The number of halogens is 1. The first-order valence-corrected chi connectivity index (χ1v) is 21.4. The Balaban J connectivity index is 1.05. The van der Waals surface area contributed by atoms with Gasteiger partial charge in [-0.05, 0) is 114 Å². The molecule has 1 aromatic carbocycles. The fourth-order valence-corrected chi connectivity index (χ4v) is 10.2. The number of rotatable bonds is 7. The van der Waals surface area contributed by atoms with Crippen LogP contribution in [0.2, 0.25) is 0 Å². The van der Waals surface area contributed by atoms with Gasteiger partial charge in [0.15, 0.2) is 11.5 Å². The van der Waals surface area contributed by atoms with E-state index in [1.165, 1.54) is 4.57 Å². The molecule has 1 saturated heterocycles. The number of fused-ring (bicyclic) bond motifs is 3. The van der Waals surface area contributed by atoms with Crippen molar-refractivity contribution in [1.29, 1.82) is 0 Å². The van der Waals surface area contributed by atoms with Crippen molar-refractivity contribution in [2.45, 2.75) is 96.6 Å². The molecular weight excluding hydrogens is 806 g/mol. The molecule has 7 aromatic heterocycles. The van der Waals surface area contributed by atoms with Crippen molar-refractivity contribution in [3.63, 3.8) is 0 Å². The fraction of sp³-hybridized carbons (Fsp3) is 0.370. The van der Waals surface area contributed by atoms with E-state index in [2.05, 4.69) is 52.5 Å². The van der Waals surface area contributed by atoms with Crippen molar-refractivity contribution >= 4 is 17.1 Å². The Hall–Kier alpha value is -6.88. The lowest BCUT2D eigenvalue weighted by Gasteiger charge is -2.35. The van der Waals surface area contributed by atoms with Crippen molar-refractivity contribution in [2.75, 3.05) is 13.2 Å². The van der Waals surface area contributed by atoms with Crippen LogP contribution in [0.3, 0.4) is 0 Å². The Labute approximate surface area is 359 Å². The van der Waals surface area contributed by atoms with E-state index in [4.69, 9.17) is 14.4 Å². The van der Waals surface area contributed by atoms with Crippen molar-refractivity contribution in [3.8, 4) is 17.2 Å². The highest BCUT2D eigenvalue weighted by Gasteiger charge is 2.53. The molecule has 0 spiro atoms. The zero-order valence-corrected chi connectivity index (χ0v) is 35.8. The van der Waals surface area contributed by atoms with E-state index in [-0.39, 0.29) is 28.9 Å². The summed E-state index contributed by atoms with van der Waals surface area (Å²) in [6.07, 6.45) is 12.7. The van der Waals surface area contributed by atoms with Crippen molar-refractivity contribution in [2.24, 2.45) is 0 Å². The normalized spacial score (nSPS) is 19.3. The Morgan fingerprint density at radius 1 is 0.952 bits per heavy atom. The average molecular weight is 852 g/mol. The van der Waals surface area contributed by atoms with Gasteiger partial charge in [-0.3, -0.25) is 27.8 Å². The largest absolute Gasteiger partial charge is 0.438 e. The van der Waals surface area contributed by atoms with Gasteiger partial charge in [-0.25, -0.2) is 18.7 Å². The smallest absolute Gasteiger partial charge is 0.376 e. The first-order valence-electron chi connectivity index (χ1n) is 21.4. The van der Waals surface area contributed by atoms with Crippen LogP contribution in [0.25, 0.3) is 28.4 Å². The van der Waals surface area contributed by atoms with Gasteiger partial charge in [0.1, 0.15) is 17.5 Å². The molecule has 322 valence electrons. The van der Waals surface area contributed by atoms with Crippen LogP contribution >= 0.6 is 0 Å². The molecule has 3 aliphatic rings. The summed E-state index contributed by atoms with van der Waals surface area (Å²) in [4.78, 5) is 47.0. The van der Waals surface area contributed by atoms with E-state index in [0.717, 1.165) is 41.0 Å². The molecule has 8 aromatic rings. The molecule has 1 N–H and O–H groups in total. The second-order valence-electron chi connectivity index (χ2n) is 18.1. The molecule has 9 heterocycles.